The van der Waals surface area contributed by atoms with E-state index < -0.39 is 9.05 Å². The zero-order valence-corrected chi connectivity index (χ0v) is 9.99. The molecule has 0 unspecified atom stereocenters. The average Bonchev–Trinajstić information content (AvgIpc) is 2.59. The van der Waals surface area contributed by atoms with Gasteiger partial charge in [0.1, 0.15) is 4.21 Å². The third-order valence-electron chi connectivity index (χ3n) is 2.03. The predicted molar refractivity (Wildman–Crippen MR) is 62.8 cm³/mol. The van der Waals surface area contributed by atoms with Crippen molar-refractivity contribution in [3.05, 3.63) is 29.8 Å². The van der Waals surface area contributed by atoms with Crippen LogP contribution < -0.4 is 5.73 Å². The van der Waals surface area contributed by atoms with Gasteiger partial charge in [-0.1, -0.05) is 6.07 Å². The van der Waals surface area contributed by atoms with Gasteiger partial charge in [0.25, 0.3) is 9.05 Å². The zero-order chi connectivity index (χ0) is 11.1. The second-order valence-electron chi connectivity index (χ2n) is 3.08. The van der Waals surface area contributed by atoms with Crippen LogP contribution in [0.3, 0.4) is 0 Å². The molecule has 2 N–H and O–H groups in total. The van der Waals surface area contributed by atoms with E-state index in [4.69, 9.17) is 16.4 Å². The quantitative estimate of drug-likeness (QED) is 0.844. The summed E-state index contributed by atoms with van der Waals surface area (Å²) in [7, 11) is 1.64. The topological polar surface area (TPSA) is 60.2 Å². The molecule has 0 spiro atoms. The van der Waals surface area contributed by atoms with Crippen LogP contribution in [0.5, 0.6) is 0 Å². The monoisotopic (exact) mass is 261 g/mol. The standard InChI is InChI=1S/C9H8ClNO2S2/c10-15(12,13)9-4-7-3-6(5-11)1-2-8(7)14-9/h1-4H,5,11H2. The Morgan fingerprint density at radius 2 is 2.07 bits per heavy atom. The summed E-state index contributed by atoms with van der Waals surface area (Å²) < 4.78 is 23.3. The highest BCUT2D eigenvalue weighted by molar-refractivity contribution is 8.15. The fourth-order valence-electron chi connectivity index (χ4n) is 1.32. The van der Waals surface area contributed by atoms with Crippen LogP contribution in [0.15, 0.2) is 28.5 Å². The van der Waals surface area contributed by atoms with E-state index in [0.29, 0.717) is 6.54 Å². The maximum Gasteiger partial charge on any atom is 0.270 e. The third kappa shape index (κ3) is 2.15. The molecule has 1 aromatic carbocycles. The van der Waals surface area contributed by atoms with Crippen molar-refractivity contribution in [2.24, 2.45) is 5.73 Å². The van der Waals surface area contributed by atoms with Crippen LogP contribution in [-0.2, 0) is 15.6 Å². The van der Waals surface area contributed by atoms with Crippen molar-refractivity contribution < 1.29 is 8.42 Å². The van der Waals surface area contributed by atoms with Gasteiger partial charge in [0, 0.05) is 21.9 Å². The zero-order valence-electron chi connectivity index (χ0n) is 7.60. The minimum Gasteiger partial charge on any atom is -0.326 e. The molecular formula is C9H8ClNO2S2. The molecule has 0 aliphatic heterocycles. The Balaban J connectivity index is 2.66. The smallest absolute Gasteiger partial charge is 0.270 e. The molecular weight excluding hydrogens is 254 g/mol. The van der Waals surface area contributed by atoms with E-state index in [1.807, 2.05) is 18.2 Å². The van der Waals surface area contributed by atoms with E-state index >= 15 is 0 Å². The lowest BCUT2D eigenvalue weighted by molar-refractivity contribution is 0.611. The van der Waals surface area contributed by atoms with E-state index in [9.17, 15) is 8.42 Å². The van der Waals surface area contributed by atoms with E-state index in [0.717, 1.165) is 27.0 Å². The van der Waals surface area contributed by atoms with Gasteiger partial charge in [0.15, 0.2) is 0 Å². The van der Waals surface area contributed by atoms with Gasteiger partial charge in [-0.2, -0.15) is 0 Å². The van der Waals surface area contributed by atoms with Crippen LogP contribution in [0.4, 0.5) is 0 Å². The Morgan fingerprint density at radius 1 is 1.33 bits per heavy atom. The van der Waals surface area contributed by atoms with Crippen molar-refractivity contribution in [3.8, 4) is 0 Å². The highest BCUT2D eigenvalue weighted by Gasteiger charge is 2.13. The van der Waals surface area contributed by atoms with Gasteiger partial charge in [-0.25, -0.2) is 8.42 Å². The summed E-state index contributed by atoms with van der Waals surface area (Å²) in [6, 6.07) is 7.18. The van der Waals surface area contributed by atoms with Crippen molar-refractivity contribution >= 4 is 41.2 Å². The molecule has 0 bridgehead atoms. The first-order valence-corrected chi connectivity index (χ1v) is 7.30. The van der Waals surface area contributed by atoms with Gasteiger partial charge in [0.05, 0.1) is 0 Å². The van der Waals surface area contributed by atoms with Crippen molar-refractivity contribution in [2.75, 3.05) is 0 Å². The lowest BCUT2D eigenvalue weighted by Crippen LogP contribution is -1.94. The van der Waals surface area contributed by atoms with Crippen molar-refractivity contribution in [2.45, 2.75) is 10.8 Å². The summed E-state index contributed by atoms with van der Waals surface area (Å²) >= 11 is 1.16. The number of hydrogen-bond acceptors (Lipinski definition) is 4. The molecule has 6 heteroatoms. The summed E-state index contributed by atoms with van der Waals surface area (Å²) in [4.78, 5) is 0. The van der Waals surface area contributed by atoms with Crippen LogP contribution in [-0.4, -0.2) is 8.42 Å². The number of fused-ring (bicyclic) bond motifs is 1. The van der Waals surface area contributed by atoms with Gasteiger partial charge >= 0.3 is 0 Å². The molecule has 0 amide bonds. The molecule has 0 saturated heterocycles. The van der Waals surface area contributed by atoms with Gasteiger partial charge in [0.2, 0.25) is 0 Å². The van der Waals surface area contributed by atoms with Crippen LogP contribution in [0.1, 0.15) is 5.56 Å². The van der Waals surface area contributed by atoms with E-state index in [1.54, 1.807) is 6.07 Å². The summed E-state index contributed by atoms with van der Waals surface area (Å²) in [6.45, 7) is 0.439. The van der Waals surface area contributed by atoms with Crippen LogP contribution >= 0.6 is 22.0 Å². The Morgan fingerprint density at radius 3 is 2.67 bits per heavy atom. The van der Waals surface area contributed by atoms with E-state index in [1.165, 1.54) is 0 Å². The molecule has 1 heterocycles. The van der Waals surface area contributed by atoms with Gasteiger partial charge in [-0.15, -0.1) is 11.3 Å². The number of halogens is 1. The second-order valence-corrected chi connectivity index (χ2v) is 6.96. The average molecular weight is 262 g/mol. The maximum atomic E-state index is 11.1. The first kappa shape index (κ1) is 10.9. The molecule has 80 valence electrons. The first-order valence-electron chi connectivity index (χ1n) is 4.18. The molecule has 2 aromatic rings. The minimum atomic E-state index is -3.62. The normalized spacial score (nSPS) is 12.1. The molecule has 0 radical (unpaired) electrons. The Bertz CT molecular complexity index is 604. The summed E-state index contributed by atoms with van der Waals surface area (Å²) in [6.07, 6.45) is 0. The maximum absolute atomic E-state index is 11.1. The lowest BCUT2D eigenvalue weighted by Gasteiger charge is -1.94. The number of thiophene rings is 1. The number of rotatable bonds is 2. The largest absolute Gasteiger partial charge is 0.326 e. The van der Waals surface area contributed by atoms with Crippen LogP contribution in [0.2, 0.25) is 0 Å². The van der Waals surface area contributed by atoms with Crippen molar-refractivity contribution in [3.63, 3.8) is 0 Å². The fraction of sp³-hybridized carbons (Fsp3) is 0.111. The minimum absolute atomic E-state index is 0.174. The first-order chi connectivity index (χ1) is 7.00. The SMILES string of the molecule is NCc1ccc2sc(S(=O)(=O)Cl)cc2c1. The van der Waals surface area contributed by atoms with Crippen LogP contribution in [0.25, 0.3) is 10.1 Å². The Labute approximate surface area is 95.9 Å². The predicted octanol–water partition coefficient (Wildman–Crippen LogP) is 2.29. The molecule has 0 fully saturated rings. The van der Waals surface area contributed by atoms with Gasteiger partial charge in [-0.3, -0.25) is 0 Å². The fourth-order valence-corrected chi connectivity index (χ4v) is 3.44. The molecule has 3 nitrogen and oxygen atoms in total. The molecule has 2 rings (SSSR count). The third-order valence-corrected chi connectivity index (χ3v) is 5.22. The summed E-state index contributed by atoms with van der Waals surface area (Å²) in [5.74, 6) is 0. The molecule has 1 aromatic heterocycles. The van der Waals surface area contributed by atoms with E-state index in [-0.39, 0.29) is 4.21 Å². The van der Waals surface area contributed by atoms with Crippen LogP contribution in [0, 0.1) is 0 Å². The summed E-state index contributed by atoms with van der Waals surface area (Å²) in [5.41, 5.74) is 6.46. The lowest BCUT2D eigenvalue weighted by atomic mass is 10.2. The molecule has 0 aliphatic rings. The highest BCUT2D eigenvalue weighted by Crippen LogP contribution is 2.31. The van der Waals surface area contributed by atoms with Crippen molar-refractivity contribution in [1.82, 2.24) is 0 Å². The molecule has 0 aliphatic carbocycles. The Kier molecular flexibility index (Phi) is 2.72. The van der Waals surface area contributed by atoms with Gasteiger partial charge in [-0.05, 0) is 29.1 Å². The summed E-state index contributed by atoms with van der Waals surface area (Å²) in [5, 5.41) is 0.863. The molecule has 15 heavy (non-hydrogen) atoms. The second kappa shape index (κ2) is 3.75. The Hall–Kier alpha value is -0.620. The van der Waals surface area contributed by atoms with Crippen molar-refractivity contribution in [1.29, 1.82) is 0 Å². The highest BCUT2D eigenvalue weighted by atomic mass is 35.7. The van der Waals surface area contributed by atoms with E-state index in [2.05, 4.69) is 0 Å². The molecule has 0 saturated carbocycles. The molecule has 0 atom stereocenters. The van der Waals surface area contributed by atoms with Gasteiger partial charge < -0.3 is 5.73 Å². The number of hydrogen-bond donors (Lipinski definition) is 1. The number of nitrogens with two attached hydrogens (primary N) is 1. The number of benzene rings is 1.